The van der Waals surface area contributed by atoms with Gasteiger partial charge < -0.3 is 14.6 Å². The SMILES string of the molecule is COc1ccc(-c2nc(CNC(=O)C3CC3c3ccccc3)no2)cc1. The number of hydrogen-bond acceptors (Lipinski definition) is 5. The molecule has 3 aromatic rings. The minimum absolute atomic E-state index is 0.0327. The van der Waals surface area contributed by atoms with Crippen LogP contribution in [0.25, 0.3) is 11.5 Å². The van der Waals surface area contributed by atoms with E-state index in [0.29, 0.717) is 17.6 Å². The van der Waals surface area contributed by atoms with Crippen molar-refractivity contribution in [2.24, 2.45) is 5.92 Å². The first-order valence-electron chi connectivity index (χ1n) is 8.54. The molecule has 1 aromatic heterocycles. The second-order valence-corrected chi connectivity index (χ2v) is 6.32. The molecule has 6 nitrogen and oxygen atoms in total. The molecule has 1 amide bonds. The Labute approximate surface area is 151 Å². The first-order valence-corrected chi connectivity index (χ1v) is 8.54. The standard InChI is InChI=1S/C20H19N3O3/c1-25-15-9-7-14(8-10-15)20-22-18(23-26-20)12-21-19(24)17-11-16(17)13-5-3-2-4-6-13/h2-10,16-17H,11-12H2,1H3,(H,21,24). The number of ether oxygens (including phenoxy) is 1. The van der Waals surface area contributed by atoms with E-state index in [9.17, 15) is 4.79 Å². The van der Waals surface area contributed by atoms with Gasteiger partial charge in [0.15, 0.2) is 5.82 Å². The quantitative estimate of drug-likeness (QED) is 0.740. The number of nitrogens with one attached hydrogen (secondary N) is 1. The summed E-state index contributed by atoms with van der Waals surface area (Å²) in [4.78, 5) is 16.6. The maximum atomic E-state index is 12.3. The second-order valence-electron chi connectivity index (χ2n) is 6.32. The number of carbonyl (C=O) groups is 1. The number of nitrogens with zero attached hydrogens (tertiary/aromatic N) is 2. The number of rotatable bonds is 6. The molecule has 0 spiro atoms. The smallest absolute Gasteiger partial charge is 0.257 e. The molecule has 2 aromatic carbocycles. The molecular weight excluding hydrogens is 330 g/mol. The van der Waals surface area contributed by atoms with Gasteiger partial charge >= 0.3 is 0 Å². The molecule has 1 heterocycles. The Bertz CT molecular complexity index is 890. The van der Waals surface area contributed by atoms with E-state index in [0.717, 1.165) is 17.7 Å². The maximum Gasteiger partial charge on any atom is 0.257 e. The average molecular weight is 349 g/mol. The summed E-state index contributed by atoms with van der Waals surface area (Å²) in [6, 6.07) is 17.5. The number of methoxy groups -OCH3 is 1. The summed E-state index contributed by atoms with van der Waals surface area (Å²) >= 11 is 0. The molecule has 1 fully saturated rings. The molecule has 26 heavy (non-hydrogen) atoms. The highest BCUT2D eigenvalue weighted by atomic mass is 16.5. The summed E-state index contributed by atoms with van der Waals surface area (Å²) in [5.41, 5.74) is 2.02. The first kappa shape index (κ1) is 16.3. The van der Waals surface area contributed by atoms with Gasteiger partial charge in [-0.3, -0.25) is 4.79 Å². The van der Waals surface area contributed by atoms with Crippen LogP contribution >= 0.6 is 0 Å². The summed E-state index contributed by atoms with van der Waals surface area (Å²) in [6.07, 6.45) is 0.888. The van der Waals surface area contributed by atoms with Gasteiger partial charge in [-0.1, -0.05) is 35.5 Å². The van der Waals surface area contributed by atoms with Crippen LogP contribution in [0.2, 0.25) is 0 Å². The van der Waals surface area contributed by atoms with E-state index in [4.69, 9.17) is 9.26 Å². The Morgan fingerprint density at radius 3 is 2.69 bits per heavy atom. The van der Waals surface area contributed by atoms with Crippen molar-refractivity contribution in [3.63, 3.8) is 0 Å². The van der Waals surface area contributed by atoms with Crippen molar-refractivity contribution < 1.29 is 14.1 Å². The van der Waals surface area contributed by atoms with E-state index in [1.54, 1.807) is 7.11 Å². The molecule has 0 saturated heterocycles. The fourth-order valence-corrected chi connectivity index (χ4v) is 3.03. The highest BCUT2D eigenvalue weighted by molar-refractivity contribution is 5.82. The zero-order chi connectivity index (χ0) is 17.9. The Balaban J connectivity index is 1.33. The summed E-state index contributed by atoms with van der Waals surface area (Å²) in [5, 5.41) is 6.83. The van der Waals surface area contributed by atoms with Crippen molar-refractivity contribution in [2.75, 3.05) is 7.11 Å². The summed E-state index contributed by atoms with van der Waals surface area (Å²) < 4.78 is 10.4. The third-order valence-corrected chi connectivity index (χ3v) is 4.58. The lowest BCUT2D eigenvalue weighted by molar-refractivity contribution is -0.122. The van der Waals surface area contributed by atoms with E-state index in [2.05, 4.69) is 27.6 Å². The van der Waals surface area contributed by atoms with Crippen LogP contribution in [-0.2, 0) is 11.3 Å². The molecule has 2 atom stereocenters. The molecule has 1 aliphatic rings. The minimum Gasteiger partial charge on any atom is -0.497 e. The van der Waals surface area contributed by atoms with Crippen LogP contribution in [0.1, 0.15) is 23.7 Å². The van der Waals surface area contributed by atoms with Crippen LogP contribution in [0.3, 0.4) is 0 Å². The number of amides is 1. The Hall–Kier alpha value is -3.15. The molecule has 1 saturated carbocycles. The van der Waals surface area contributed by atoms with Crippen molar-refractivity contribution in [2.45, 2.75) is 18.9 Å². The molecule has 6 heteroatoms. The average Bonchev–Trinajstić information content (AvgIpc) is 3.37. The molecule has 0 bridgehead atoms. The van der Waals surface area contributed by atoms with Crippen LogP contribution in [0.4, 0.5) is 0 Å². The fraction of sp³-hybridized carbons (Fsp3) is 0.250. The summed E-state index contributed by atoms with van der Waals surface area (Å²) in [6.45, 7) is 0.260. The van der Waals surface area contributed by atoms with E-state index in [1.807, 2.05) is 42.5 Å². The van der Waals surface area contributed by atoms with Crippen molar-refractivity contribution >= 4 is 5.91 Å². The number of carbonyl (C=O) groups excluding carboxylic acids is 1. The largest absolute Gasteiger partial charge is 0.497 e. The van der Waals surface area contributed by atoms with Crippen molar-refractivity contribution in [3.05, 3.63) is 66.0 Å². The van der Waals surface area contributed by atoms with Crippen LogP contribution in [-0.4, -0.2) is 23.2 Å². The molecule has 0 aliphatic heterocycles. The number of benzene rings is 2. The van der Waals surface area contributed by atoms with Gasteiger partial charge in [-0.2, -0.15) is 4.98 Å². The van der Waals surface area contributed by atoms with Gasteiger partial charge in [-0.05, 0) is 42.2 Å². The van der Waals surface area contributed by atoms with Crippen molar-refractivity contribution in [1.82, 2.24) is 15.5 Å². The Morgan fingerprint density at radius 1 is 1.19 bits per heavy atom. The Kier molecular flexibility index (Phi) is 4.39. The van der Waals surface area contributed by atoms with Crippen molar-refractivity contribution in [3.8, 4) is 17.2 Å². The minimum atomic E-state index is 0.0327. The van der Waals surface area contributed by atoms with Gasteiger partial charge in [0.1, 0.15) is 5.75 Å². The van der Waals surface area contributed by atoms with E-state index in [-0.39, 0.29) is 18.4 Å². The fourth-order valence-electron chi connectivity index (χ4n) is 3.03. The number of hydrogen-bond donors (Lipinski definition) is 1. The predicted octanol–water partition coefficient (Wildman–Crippen LogP) is 3.17. The van der Waals surface area contributed by atoms with E-state index in [1.165, 1.54) is 5.56 Å². The normalized spacial score (nSPS) is 18.3. The lowest BCUT2D eigenvalue weighted by atomic mass is 10.1. The maximum absolute atomic E-state index is 12.3. The highest BCUT2D eigenvalue weighted by Crippen LogP contribution is 2.47. The van der Waals surface area contributed by atoms with Crippen LogP contribution in [0.5, 0.6) is 5.75 Å². The molecular formula is C20H19N3O3. The monoisotopic (exact) mass is 349 g/mol. The van der Waals surface area contributed by atoms with Gasteiger partial charge in [0.2, 0.25) is 5.91 Å². The summed E-state index contributed by atoms with van der Waals surface area (Å²) in [5.74, 6) is 2.03. The van der Waals surface area contributed by atoms with E-state index >= 15 is 0 Å². The molecule has 2 unspecified atom stereocenters. The molecule has 4 rings (SSSR count). The zero-order valence-corrected chi connectivity index (χ0v) is 14.4. The molecule has 1 aliphatic carbocycles. The molecule has 132 valence electrons. The van der Waals surface area contributed by atoms with Gasteiger partial charge in [-0.25, -0.2) is 0 Å². The van der Waals surface area contributed by atoms with Gasteiger partial charge in [-0.15, -0.1) is 0 Å². The van der Waals surface area contributed by atoms with Gasteiger partial charge in [0.05, 0.1) is 13.7 Å². The Morgan fingerprint density at radius 2 is 1.96 bits per heavy atom. The third kappa shape index (κ3) is 3.44. The predicted molar refractivity (Wildman–Crippen MR) is 95.4 cm³/mol. The molecule has 0 radical (unpaired) electrons. The molecule has 1 N–H and O–H groups in total. The lowest BCUT2D eigenvalue weighted by Gasteiger charge is -2.02. The number of aromatic nitrogens is 2. The topological polar surface area (TPSA) is 77.2 Å². The van der Waals surface area contributed by atoms with E-state index < -0.39 is 0 Å². The first-order chi connectivity index (χ1) is 12.7. The lowest BCUT2D eigenvalue weighted by Crippen LogP contribution is -2.25. The zero-order valence-electron chi connectivity index (χ0n) is 14.4. The van der Waals surface area contributed by atoms with Crippen LogP contribution < -0.4 is 10.1 Å². The highest BCUT2D eigenvalue weighted by Gasteiger charge is 2.43. The van der Waals surface area contributed by atoms with Crippen molar-refractivity contribution in [1.29, 1.82) is 0 Å². The van der Waals surface area contributed by atoms with Crippen LogP contribution in [0, 0.1) is 5.92 Å². The van der Waals surface area contributed by atoms with Crippen LogP contribution in [0.15, 0.2) is 59.1 Å². The second kappa shape index (κ2) is 7.00. The third-order valence-electron chi connectivity index (χ3n) is 4.58. The van der Waals surface area contributed by atoms with Gasteiger partial charge in [0, 0.05) is 11.5 Å². The summed E-state index contributed by atoms with van der Waals surface area (Å²) in [7, 11) is 1.62. The van der Waals surface area contributed by atoms with Gasteiger partial charge in [0.25, 0.3) is 5.89 Å².